The van der Waals surface area contributed by atoms with E-state index in [-0.39, 0.29) is 41.6 Å². The van der Waals surface area contributed by atoms with E-state index in [1.54, 1.807) is 4.31 Å². The Morgan fingerprint density at radius 1 is 0.844 bits per heavy atom. The number of hydrogen-bond donors (Lipinski definition) is 0. The number of carbonyl (C=O) groups excluding carboxylic acids is 2. The van der Waals surface area contributed by atoms with Crippen LogP contribution in [0.1, 0.15) is 32.3 Å². The molecule has 170 valence electrons. The third-order valence-electron chi connectivity index (χ3n) is 6.35. The Bertz CT molecular complexity index is 1060. The topological polar surface area (TPSA) is 78.0 Å². The maximum absolute atomic E-state index is 13.3. The zero-order valence-electron chi connectivity index (χ0n) is 18.5. The molecule has 0 spiro atoms. The molecule has 7 nitrogen and oxygen atoms in total. The first-order chi connectivity index (χ1) is 15.3. The Balaban J connectivity index is 1.44. The van der Waals surface area contributed by atoms with Crippen LogP contribution in [0, 0.1) is 0 Å². The molecule has 2 atom stereocenters. The summed E-state index contributed by atoms with van der Waals surface area (Å²) in [5.74, 6) is -0.500. The Kier molecular flexibility index (Phi) is 6.46. The summed E-state index contributed by atoms with van der Waals surface area (Å²) < 4.78 is 28.1. The van der Waals surface area contributed by atoms with Gasteiger partial charge in [-0.15, -0.1) is 0 Å². The second-order valence-corrected chi connectivity index (χ2v) is 10.5. The Morgan fingerprint density at radius 2 is 1.41 bits per heavy atom. The molecule has 2 aliphatic rings. The highest BCUT2D eigenvalue weighted by Crippen LogP contribution is 2.27. The first-order valence-electron chi connectivity index (χ1n) is 11.0. The lowest BCUT2D eigenvalue weighted by molar-refractivity contribution is -0.121. The molecule has 2 aliphatic heterocycles. The first kappa shape index (κ1) is 22.6. The number of anilines is 1. The highest BCUT2D eigenvalue weighted by molar-refractivity contribution is 7.89. The van der Waals surface area contributed by atoms with Crippen molar-refractivity contribution in [2.24, 2.45) is 0 Å². The van der Waals surface area contributed by atoms with Gasteiger partial charge in [0.2, 0.25) is 21.8 Å². The molecule has 2 heterocycles. The van der Waals surface area contributed by atoms with Crippen molar-refractivity contribution in [3.05, 3.63) is 60.2 Å². The van der Waals surface area contributed by atoms with Gasteiger partial charge in [0.05, 0.1) is 10.6 Å². The van der Waals surface area contributed by atoms with Gasteiger partial charge in [0.25, 0.3) is 0 Å². The number of rotatable bonds is 6. The maximum atomic E-state index is 13.3. The molecule has 32 heavy (non-hydrogen) atoms. The van der Waals surface area contributed by atoms with Crippen LogP contribution in [-0.4, -0.2) is 61.2 Å². The predicted octanol–water partition coefficient (Wildman–Crippen LogP) is 2.67. The van der Waals surface area contributed by atoms with Crippen molar-refractivity contribution in [2.75, 3.05) is 24.5 Å². The van der Waals surface area contributed by atoms with Crippen molar-refractivity contribution in [2.45, 2.75) is 50.1 Å². The summed E-state index contributed by atoms with van der Waals surface area (Å²) >= 11 is 0. The standard InChI is InChI=1S/C24H29N3O4S/c1-18-16-25(17-19(2)26(18)15-14-20-6-4-3-5-7-20)32(30,31)22-10-8-21(9-11-22)27-23(28)12-13-24(27)29/h3-11,18-19H,12-17H2,1-2H3. The number of imide groups is 1. The molecule has 0 aliphatic carbocycles. The molecule has 2 aromatic rings. The van der Waals surface area contributed by atoms with E-state index in [0.29, 0.717) is 18.8 Å². The second kappa shape index (κ2) is 9.13. The van der Waals surface area contributed by atoms with Gasteiger partial charge in [-0.3, -0.25) is 19.4 Å². The van der Waals surface area contributed by atoms with E-state index in [1.807, 2.05) is 18.2 Å². The van der Waals surface area contributed by atoms with Gasteiger partial charge < -0.3 is 0 Å². The number of nitrogens with zero attached hydrogens (tertiary/aromatic N) is 3. The van der Waals surface area contributed by atoms with Crippen LogP contribution in [0.15, 0.2) is 59.5 Å². The highest BCUT2D eigenvalue weighted by atomic mass is 32.2. The van der Waals surface area contributed by atoms with Gasteiger partial charge in [0, 0.05) is 44.6 Å². The van der Waals surface area contributed by atoms with Crippen LogP contribution in [-0.2, 0) is 26.0 Å². The van der Waals surface area contributed by atoms with E-state index in [9.17, 15) is 18.0 Å². The quantitative estimate of drug-likeness (QED) is 0.626. The number of amides is 2. The number of piperazine rings is 1. The molecule has 0 bridgehead atoms. The molecule has 0 N–H and O–H groups in total. The van der Waals surface area contributed by atoms with Gasteiger partial charge in [0.1, 0.15) is 0 Å². The average molecular weight is 456 g/mol. The molecule has 2 unspecified atom stereocenters. The highest BCUT2D eigenvalue weighted by Gasteiger charge is 2.36. The van der Waals surface area contributed by atoms with E-state index in [4.69, 9.17) is 0 Å². The number of sulfonamides is 1. The number of carbonyl (C=O) groups is 2. The lowest BCUT2D eigenvalue weighted by Gasteiger charge is -2.43. The summed E-state index contributed by atoms with van der Waals surface area (Å²) in [6, 6.07) is 16.5. The first-order valence-corrected chi connectivity index (χ1v) is 12.5. The van der Waals surface area contributed by atoms with Gasteiger partial charge in [0.15, 0.2) is 0 Å². The molecule has 0 aromatic heterocycles. The number of hydrogen-bond acceptors (Lipinski definition) is 5. The van der Waals surface area contributed by atoms with E-state index < -0.39 is 10.0 Å². The van der Waals surface area contributed by atoms with Crippen LogP contribution >= 0.6 is 0 Å². The Morgan fingerprint density at radius 3 is 1.97 bits per heavy atom. The molecule has 4 rings (SSSR count). The van der Waals surface area contributed by atoms with Crippen molar-refractivity contribution < 1.29 is 18.0 Å². The monoisotopic (exact) mass is 455 g/mol. The van der Waals surface area contributed by atoms with Gasteiger partial charge in [-0.1, -0.05) is 30.3 Å². The molecular formula is C24H29N3O4S. The normalized spacial score (nSPS) is 23.1. The van der Waals surface area contributed by atoms with Gasteiger partial charge in [-0.25, -0.2) is 8.42 Å². The third kappa shape index (κ3) is 4.48. The van der Waals surface area contributed by atoms with E-state index in [2.05, 4.69) is 30.9 Å². The molecule has 2 amide bonds. The molecule has 0 saturated carbocycles. The zero-order chi connectivity index (χ0) is 22.9. The average Bonchev–Trinajstić information content (AvgIpc) is 3.11. The zero-order valence-corrected chi connectivity index (χ0v) is 19.3. The van der Waals surface area contributed by atoms with Crippen LogP contribution in [0.2, 0.25) is 0 Å². The van der Waals surface area contributed by atoms with Crippen LogP contribution < -0.4 is 4.90 Å². The largest absolute Gasteiger partial charge is 0.295 e. The lowest BCUT2D eigenvalue weighted by Crippen LogP contribution is -2.58. The summed E-state index contributed by atoms with van der Waals surface area (Å²) in [4.78, 5) is 27.5. The molecule has 2 saturated heterocycles. The molecule has 0 radical (unpaired) electrons. The van der Waals surface area contributed by atoms with Crippen LogP contribution in [0.4, 0.5) is 5.69 Å². The minimum Gasteiger partial charge on any atom is -0.295 e. The van der Waals surface area contributed by atoms with Crippen molar-refractivity contribution in [3.63, 3.8) is 0 Å². The van der Waals surface area contributed by atoms with Crippen LogP contribution in [0.3, 0.4) is 0 Å². The van der Waals surface area contributed by atoms with Crippen LogP contribution in [0.5, 0.6) is 0 Å². The van der Waals surface area contributed by atoms with Crippen molar-refractivity contribution in [1.29, 1.82) is 0 Å². The fraction of sp³-hybridized carbons (Fsp3) is 0.417. The minimum atomic E-state index is -3.67. The summed E-state index contributed by atoms with van der Waals surface area (Å²) in [6.45, 7) is 5.86. The van der Waals surface area contributed by atoms with E-state index in [0.717, 1.165) is 17.9 Å². The van der Waals surface area contributed by atoms with Gasteiger partial charge in [-0.05, 0) is 50.1 Å². The van der Waals surface area contributed by atoms with Crippen molar-refractivity contribution >= 4 is 27.5 Å². The minimum absolute atomic E-state index is 0.0938. The smallest absolute Gasteiger partial charge is 0.243 e. The van der Waals surface area contributed by atoms with E-state index in [1.165, 1.54) is 29.8 Å². The van der Waals surface area contributed by atoms with Crippen molar-refractivity contribution in [3.8, 4) is 0 Å². The maximum Gasteiger partial charge on any atom is 0.243 e. The summed E-state index contributed by atoms with van der Waals surface area (Å²) in [5.41, 5.74) is 1.70. The van der Waals surface area contributed by atoms with E-state index >= 15 is 0 Å². The predicted molar refractivity (Wildman–Crippen MR) is 123 cm³/mol. The molecule has 2 aromatic carbocycles. The van der Waals surface area contributed by atoms with Gasteiger partial charge in [-0.2, -0.15) is 4.31 Å². The van der Waals surface area contributed by atoms with Gasteiger partial charge >= 0.3 is 0 Å². The summed E-state index contributed by atoms with van der Waals surface area (Å²) in [7, 11) is -3.67. The number of benzene rings is 2. The SMILES string of the molecule is CC1CN(S(=O)(=O)c2ccc(N3C(=O)CCC3=O)cc2)CC(C)N1CCc1ccccc1. The van der Waals surface area contributed by atoms with Crippen molar-refractivity contribution in [1.82, 2.24) is 9.21 Å². The third-order valence-corrected chi connectivity index (χ3v) is 8.20. The molecule has 8 heteroatoms. The lowest BCUT2D eigenvalue weighted by atomic mass is 10.1. The Labute approximate surface area is 189 Å². The fourth-order valence-corrected chi connectivity index (χ4v) is 6.23. The fourth-order valence-electron chi connectivity index (χ4n) is 4.63. The Hall–Kier alpha value is -2.55. The molecule has 2 fully saturated rings. The summed E-state index contributed by atoms with van der Waals surface area (Å²) in [5, 5.41) is 0. The molecular weight excluding hydrogens is 426 g/mol. The summed E-state index contributed by atoms with van der Waals surface area (Å²) in [6.07, 6.45) is 1.32. The second-order valence-electron chi connectivity index (χ2n) is 8.61. The van der Waals surface area contributed by atoms with Crippen LogP contribution in [0.25, 0.3) is 0 Å².